The Kier molecular flexibility index (Phi) is 5.41. The summed E-state index contributed by atoms with van der Waals surface area (Å²) < 4.78 is 26.3. The van der Waals surface area contributed by atoms with E-state index in [4.69, 9.17) is 0 Å². The first kappa shape index (κ1) is 17.5. The summed E-state index contributed by atoms with van der Waals surface area (Å²) in [5.74, 6) is -0.411. The van der Waals surface area contributed by atoms with Gasteiger partial charge in [0, 0.05) is 18.9 Å². The molecule has 2 rings (SSSR count). The quantitative estimate of drug-likeness (QED) is 0.735. The second-order valence-corrected chi connectivity index (χ2v) is 7.63. The molecule has 6 nitrogen and oxygen atoms in total. The molecule has 1 aromatic rings. The number of rotatable bonds is 7. The first-order valence-electron chi connectivity index (χ1n) is 7.70. The van der Waals surface area contributed by atoms with Crippen molar-refractivity contribution in [2.24, 2.45) is 5.92 Å². The fourth-order valence-electron chi connectivity index (χ4n) is 2.09. The van der Waals surface area contributed by atoms with Crippen LogP contribution in [0.15, 0.2) is 23.1 Å². The zero-order valence-corrected chi connectivity index (χ0v) is 14.2. The molecule has 1 fully saturated rings. The van der Waals surface area contributed by atoms with Crippen molar-refractivity contribution in [1.29, 1.82) is 0 Å². The van der Waals surface area contributed by atoms with E-state index in [-0.39, 0.29) is 23.1 Å². The molecule has 0 aliphatic heterocycles. The summed E-state index contributed by atoms with van der Waals surface area (Å²) in [6, 6.07) is 4.73. The molecule has 7 heteroatoms. The van der Waals surface area contributed by atoms with Crippen LogP contribution in [0.3, 0.4) is 0 Å². The SMILES string of the molecule is Cc1ccc(S(=O)(=O)NC(=O)CCCNC(=O)C2CC2)cc1C. The van der Waals surface area contributed by atoms with Crippen LogP contribution < -0.4 is 10.0 Å². The molecule has 0 aromatic heterocycles. The van der Waals surface area contributed by atoms with Crippen LogP contribution in [0.1, 0.15) is 36.8 Å². The van der Waals surface area contributed by atoms with Crippen molar-refractivity contribution in [1.82, 2.24) is 10.0 Å². The number of sulfonamides is 1. The zero-order chi connectivity index (χ0) is 17.0. The molecule has 1 aliphatic rings. The molecule has 0 saturated heterocycles. The lowest BCUT2D eigenvalue weighted by atomic mass is 10.1. The Morgan fingerprint density at radius 2 is 1.87 bits per heavy atom. The van der Waals surface area contributed by atoms with Crippen LogP contribution in [0, 0.1) is 19.8 Å². The number of benzene rings is 1. The van der Waals surface area contributed by atoms with E-state index in [1.165, 1.54) is 6.07 Å². The van der Waals surface area contributed by atoms with Crippen LogP contribution in [-0.4, -0.2) is 26.8 Å². The Morgan fingerprint density at radius 3 is 2.48 bits per heavy atom. The van der Waals surface area contributed by atoms with Crippen LogP contribution in [-0.2, 0) is 19.6 Å². The summed E-state index contributed by atoms with van der Waals surface area (Å²) in [5.41, 5.74) is 1.84. The van der Waals surface area contributed by atoms with Gasteiger partial charge in [-0.05, 0) is 56.4 Å². The summed E-state index contributed by atoms with van der Waals surface area (Å²) in [6.07, 6.45) is 2.32. The average Bonchev–Trinajstić information content (AvgIpc) is 3.30. The molecule has 1 saturated carbocycles. The van der Waals surface area contributed by atoms with Gasteiger partial charge in [-0.25, -0.2) is 13.1 Å². The molecule has 0 heterocycles. The highest BCUT2D eigenvalue weighted by Gasteiger charge is 2.29. The van der Waals surface area contributed by atoms with E-state index in [1.54, 1.807) is 12.1 Å². The van der Waals surface area contributed by atoms with E-state index in [1.807, 2.05) is 13.8 Å². The number of aryl methyl sites for hydroxylation is 2. The van der Waals surface area contributed by atoms with Crippen molar-refractivity contribution in [2.45, 2.75) is 44.4 Å². The topological polar surface area (TPSA) is 92.3 Å². The van der Waals surface area contributed by atoms with Crippen LogP contribution in [0.4, 0.5) is 0 Å². The minimum Gasteiger partial charge on any atom is -0.356 e. The fourth-order valence-corrected chi connectivity index (χ4v) is 3.19. The van der Waals surface area contributed by atoms with Crippen LogP contribution >= 0.6 is 0 Å². The first-order valence-corrected chi connectivity index (χ1v) is 9.18. The lowest BCUT2D eigenvalue weighted by Gasteiger charge is -2.09. The lowest BCUT2D eigenvalue weighted by Crippen LogP contribution is -2.32. The van der Waals surface area contributed by atoms with Crippen LogP contribution in [0.5, 0.6) is 0 Å². The Morgan fingerprint density at radius 1 is 1.17 bits per heavy atom. The fraction of sp³-hybridized carbons (Fsp3) is 0.500. The molecule has 23 heavy (non-hydrogen) atoms. The van der Waals surface area contributed by atoms with Crippen LogP contribution in [0.25, 0.3) is 0 Å². The molecular formula is C16H22N2O4S. The summed E-state index contributed by atoms with van der Waals surface area (Å²) in [7, 11) is -3.84. The van der Waals surface area contributed by atoms with E-state index >= 15 is 0 Å². The lowest BCUT2D eigenvalue weighted by molar-refractivity contribution is -0.123. The normalized spacial score (nSPS) is 14.3. The summed E-state index contributed by atoms with van der Waals surface area (Å²) in [6.45, 7) is 4.09. The molecule has 0 spiro atoms. The second-order valence-electron chi connectivity index (χ2n) is 5.94. The molecule has 126 valence electrons. The Labute approximate surface area is 136 Å². The maximum absolute atomic E-state index is 12.1. The Balaban J connectivity index is 1.80. The second kappa shape index (κ2) is 7.12. The van der Waals surface area contributed by atoms with E-state index in [0.717, 1.165) is 24.0 Å². The molecule has 2 amide bonds. The molecule has 0 unspecified atom stereocenters. The largest absolute Gasteiger partial charge is 0.356 e. The molecular weight excluding hydrogens is 316 g/mol. The molecule has 1 aliphatic carbocycles. The van der Waals surface area contributed by atoms with Gasteiger partial charge in [0.15, 0.2) is 0 Å². The monoisotopic (exact) mass is 338 g/mol. The van der Waals surface area contributed by atoms with E-state index in [2.05, 4.69) is 10.0 Å². The first-order chi connectivity index (χ1) is 10.8. The highest BCUT2D eigenvalue weighted by atomic mass is 32.2. The number of carbonyl (C=O) groups is 2. The van der Waals surface area contributed by atoms with Crippen molar-refractivity contribution in [3.63, 3.8) is 0 Å². The van der Waals surface area contributed by atoms with Crippen molar-refractivity contribution >= 4 is 21.8 Å². The predicted octanol–water partition coefficient (Wildman–Crippen LogP) is 1.41. The molecule has 0 atom stereocenters. The van der Waals surface area contributed by atoms with Gasteiger partial charge in [-0.1, -0.05) is 6.07 Å². The molecule has 2 N–H and O–H groups in total. The molecule has 0 bridgehead atoms. The van der Waals surface area contributed by atoms with Gasteiger partial charge in [-0.3, -0.25) is 9.59 Å². The van der Waals surface area contributed by atoms with E-state index in [0.29, 0.717) is 13.0 Å². The van der Waals surface area contributed by atoms with Crippen LogP contribution in [0.2, 0.25) is 0 Å². The van der Waals surface area contributed by atoms with Gasteiger partial charge in [0.1, 0.15) is 0 Å². The number of carbonyl (C=O) groups excluding carboxylic acids is 2. The Bertz CT molecular complexity index is 709. The number of hydrogen-bond acceptors (Lipinski definition) is 4. The minimum atomic E-state index is -3.84. The predicted molar refractivity (Wildman–Crippen MR) is 86.2 cm³/mol. The van der Waals surface area contributed by atoms with Crippen molar-refractivity contribution in [3.05, 3.63) is 29.3 Å². The third kappa shape index (κ3) is 5.06. The van der Waals surface area contributed by atoms with E-state index in [9.17, 15) is 18.0 Å². The maximum atomic E-state index is 12.1. The highest BCUT2D eigenvalue weighted by Crippen LogP contribution is 2.28. The van der Waals surface area contributed by atoms with Crippen molar-refractivity contribution < 1.29 is 18.0 Å². The van der Waals surface area contributed by atoms with Crippen molar-refractivity contribution in [3.8, 4) is 0 Å². The number of amides is 2. The average molecular weight is 338 g/mol. The van der Waals surface area contributed by atoms with Crippen molar-refractivity contribution in [2.75, 3.05) is 6.54 Å². The number of hydrogen-bond donors (Lipinski definition) is 2. The minimum absolute atomic E-state index is 0.0214. The van der Waals surface area contributed by atoms with Gasteiger partial charge >= 0.3 is 0 Å². The Hall–Kier alpha value is -1.89. The van der Waals surface area contributed by atoms with Gasteiger partial charge in [-0.2, -0.15) is 0 Å². The summed E-state index contributed by atoms with van der Waals surface area (Å²) in [5, 5.41) is 2.74. The maximum Gasteiger partial charge on any atom is 0.264 e. The zero-order valence-electron chi connectivity index (χ0n) is 13.4. The number of nitrogens with one attached hydrogen (secondary N) is 2. The third-order valence-electron chi connectivity index (χ3n) is 3.86. The van der Waals surface area contributed by atoms with Gasteiger partial charge in [-0.15, -0.1) is 0 Å². The third-order valence-corrected chi connectivity index (χ3v) is 5.24. The highest BCUT2D eigenvalue weighted by molar-refractivity contribution is 7.90. The van der Waals surface area contributed by atoms with Gasteiger partial charge in [0.2, 0.25) is 11.8 Å². The van der Waals surface area contributed by atoms with E-state index < -0.39 is 15.9 Å². The van der Waals surface area contributed by atoms with Gasteiger partial charge < -0.3 is 5.32 Å². The summed E-state index contributed by atoms with van der Waals surface area (Å²) >= 11 is 0. The smallest absolute Gasteiger partial charge is 0.264 e. The summed E-state index contributed by atoms with van der Waals surface area (Å²) in [4.78, 5) is 23.3. The standard InChI is InChI=1S/C16H22N2O4S/c1-11-5-8-14(10-12(11)2)23(21,22)18-15(19)4-3-9-17-16(20)13-6-7-13/h5,8,10,13H,3-4,6-7,9H2,1-2H3,(H,17,20)(H,18,19). The molecule has 1 aromatic carbocycles. The van der Waals surface area contributed by atoms with Gasteiger partial charge in [0.25, 0.3) is 10.0 Å². The van der Waals surface area contributed by atoms with Gasteiger partial charge in [0.05, 0.1) is 4.90 Å². The molecule has 0 radical (unpaired) electrons.